The molecule has 2 aliphatic rings. The van der Waals surface area contributed by atoms with Crippen molar-refractivity contribution in [1.82, 2.24) is 0 Å². The lowest BCUT2D eigenvalue weighted by Crippen LogP contribution is -2.37. The maximum Gasteiger partial charge on any atom is 0.234 e. The van der Waals surface area contributed by atoms with Crippen LogP contribution in [0.25, 0.3) is 0 Å². The van der Waals surface area contributed by atoms with Crippen molar-refractivity contribution in [3.63, 3.8) is 0 Å². The SMILES string of the molecule is C=C1C(C)(C)[C@@H]2CC[C@]1(C(=O)Nc1ccccc1OC)C2. The molecule has 0 radical (unpaired) electrons. The summed E-state index contributed by atoms with van der Waals surface area (Å²) in [6.45, 7) is 8.71. The molecule has 0 aromatic heterocycles. The van der Waals surface area contributed by atoms with Crippen LogP contribution in [0.1, 0.15) is 33.1 Å². The van der Waals surface area contributed by atoms with Crippen LogP contribution in [-0.2, 0) is 4.79 Å². The van der Waals surface area contributed by atoms with Crippen LogP contribution in [0, 0.1) is 16.7 Å². The number of carbonyl (C=O) groups is 1. The summed E-state index contributed by atoms with van der Waals surface area (Å²) in [5.41, 5.74) is 1.50. The number of methoxy groups -OCH3 is 1. The summed E-state index contributed by atoms with van der Waals surface area (Å²) in [6.07, 6.45) is 2.96. The van der Waals surface area contributed by atoms with E-state index in [1.54, 1.807) is 7.11 Å². The zero-order chi connectivity index (χ0) is 15.3. The van der Waals surface area contributed by atoms with Gasteiger partial charge in [0, 0.05) is 0 Å². The van der Waals surface area contributed by atoms with E-state index in [4.69, 9.17) is 4.74 Å². The Balaban J connectivity index is 1.88. The average Bonchev–Trinajstić information content (AvgIpc) is 3.00. The van der Waals surface area contributed by atoms with Gasteiger partial charge in [-0.25, -0.2) is 0 Å². The summed E-state index contributed by atoms with van der Waals surface area (Å²) in [7, 11) is 1.62. The Kier molecular flexibility index (Phi) is 3.12. The number of fused-ring (bicyclic) bond motifs is 2. The van der Waals surface area contributed by atoms with Crippen LogP contribution in [0.2, 0.25) is 0 Å². The standard InChI is InChI=1S/C18H23NO2/c1-12-17(2,3)13-9-10-18(12,11-13)16(20)19-14-7-5-6-8-15(14)21-4/h5-8,13H,1,9-11H2,2-4H3,(H,19,20)/t13-,18+/m1/s1. The number of hydrogen-bond donors (Lipinski definition) is 1. The zero-order valence-electron chi connectivity index (χ0n) is 13.0. The van der Waals surface area contributed by atoms with E-state index >= 15 is 0 Å². The van der Waals surface area contributed by atoms with Gasteiger partial charge in [0.1, 0.15) is 5.75 Å². The number of rotatable bonds is 3. The smallest absolute Gasteiger partial charge is 0.234 e. The number of hydrogen-bond acceptors (Lipinski definition) is 2. The van der Waals surface area contributed by atoms with E-state index in [-0.39, 0.29) is 11.3 Å². The van der Waals surface area contributed by atoms with Gasteiger partial charge in [-0.1, -0.05) is 38.1 Å². The number of anilines is 1. The molecular formula is C18H23NO2. The molecule has 2 bridgehead atoms. The fourth-order valence-corrected chi connectivity index (χ4v) is 4.13. The summed E-state index contributed by atoms with van der Waals surface area (Å²) in [5.74, 6) is 1.35. The molecule has 21 heavy (non-hydrogen) atoms. The Bertz CT molecular complexity index is 605. The van der Waals surface area contributed by atoms with Crippen molar-refractivity contribution in [1.29, 1.82) is 0 Å². The topological polar surface area (TPSA) is 38.3 Å². The van der Waals surface area contributed by atoms with E-state index in [1.165, 1.54) is 0 Å². The fourth-order valence-electron chi connectivity index (χ4n) is 4.13. The maximum atomic E-state index is 12.9. The molecule has 3 nitrogen and oxygen atoms in total. The third-order valence-electron chi connectivity index (χ3n) is 5.68. The van der Waals surface area contributed by atoms with Crippen LogP contribution >= 0.6 is 0 Å². The lowest BCUT2D eigenvalue weighted by Gasteiger charge is -2.37. The highest BCUT2D eigenvalue weighted by Crippen LogP contribution is 2.65. The number of ether oxygens (including phenoxy) is 1. The van der Waals surface area contributed by atoms with Gasteiger partial charge >= 0.3 is 0 Å². The second kappa shape index (κ2) is 4.62. The summed E-state index contributed by atoms with van der Waals surface area (Å²) in [6, 6.07) is 7.54. The lowest BCUT2D eigenvalue weighted by atomic mass is 9.68. The Morgan fingerprint density at radius 1 is 1.38 bits per heavy atom. The lowest BCUT2D eigenvalue weighted by molar-refractivity contribution is -0.123. The Labute approximate surface area is 126 Å². The molecule has 2 fully saturated rings. The van der Waals surface area contributed by atoms with E-state index in [2.05, 4.69) is 25.7 Å². The van der Waals surface area contributed by atoms with Gasteiger partial charge < -0.3 is 10.1 Å². The first-order valence-corrected chi connectivity index (χ1v) is 7.56. The predicted octanol–water partition coefficient (Wildman–Crippen LogP) is 4.02. The van der Waals surface area contributed by atoms with Crippen LogP contribution < -0.4 is 10.1 Å². The van der Waals surface area contributed by atoms with Gasteiger partial charge in [-0.2, -0.15) is 0 Å². The molecule has 1 aromatic carbocycles. The van der Waals surface area contributed by atoms with Crippen molar-refractivity contribution in [3.8, 4) is 5.75 Å². The number of amides is 1. The largest absolute Gasteiger partial charge is 0.495 e. The fraction of sp³-hybridized carbons (Fsp3) is 0.500. The van der Waals surface area contributed by atoms with Crippen LogP contribution in [0.4, 0.5) is 5.69 Å². The van der Waals surface area contributed by atoms with Crippen molar-refractivity contribution >= 4 is 11.6 Å². The molecule has 2 saturated carbocycles. The van der Waals surface area contributed by atoms with Crippen molar-refractivity contribution in [3.05, 3.63) is 36.4 Å². The summed E-state index contributed by atoms with van der Waals surface area (Å²) >= 11 is 0. The first-order valence-electron chi connectivity index (χ1n) is 7.56. The monoisotopic (exact) mass is 285 g/mol. The molecule has 1 aromatic rings. The zero-order valence-corrected chi connectivity index (χ0v) is 13.0. The molecule has 1 amide bonds. The van der Waals surface area contributed by atoms with Crippen molar-refractivity contribution in [2.45, 2.75) is 33.1 Å². The van der Waals surface area contributed by atoms with Crippen LogP contribution in [0.3, 0.4) is 0 Å². The number of nitrogens with one attached hydrogen (secondary N) is 1. The van der Waals surface area contributed by atoms with Gasteiger partial charge in [-0.05, 0) is 42.7 Å². The van der Waals surface area contributed by atoms with E-state index in [9.17, 15) is 4.79 Å². The Morgan fingerprint density at radius 3 is 2.71 bits per heavy atom. The average molecular weight is 285 g/mol. The van der Waals surface area contributed by atoms with Crippen molar-refractivity contribution < 1.29 is 9.53 Å². The Hall–Kier alpha value is -1.77. The summed E-state index contributed by atoms with van der Waals surface area (Å²) in [5, 5.41) is 3.07. The third kappa shape index (κ3) is 1.90. The van der Waals surface area contributed by atoms with Gasteiger partial charge in [0.25, 0.3) is 0 Å². The summed E-state index contributed by atoms with van der Waals surface area (Å²) in [4.78, 5) is 12.9. The van der Waals surface area contributed by atoms with Gasteiger partial charge in [0.2, 0.25) is 5.91 Å². The molecule has 0 saturated heterocycles. The van der Waals surface area contributed by atoms with Crippen molar-refractivity contribution in [2.75, 3.05) is 12.4 Å². The van der Waals surface area contributed by atoms with Crippen LogP contribution in [0.15, 0.2) is 36.4 Å². The predicted molar refractivity (Wildman–Crippen MR) is 84.3 cm³/mol. The maximum absolute atomic E-state index is 12.9. The Morgan fingerprint density at radius 2 is 2.10 bits per heavy atom. The van der Waals surface area contributed by atoms with Crippen LogP contribution in [0.5, 0.6) is 5.75 Å². The molecule has 2 aliphatic carbocycles. The van der Waals surface area contributed by atoms with Gasteiger partial charge in [0.15, 0.2) is 0 Å². The third-order valence-corrected chi connectivity index (χ3v) is 5.68. The molecule has 3 heteroatoms. The highest BCUT2D eigenvalue weighted by molar-refractivity contribution is 5.99. The molecule has 3 rings (SSSR count). The van der Waals surface area contributed by atoms with Crippen LogP contribution in [-0.4, -0.2) is 13.0 Å². The minimum Gasteiger partial charge on any atom is -0.495 e. The highest BCUT2D eigenvalue weighted by Gasteiger charge is 2.60. The van der Waals surface area contributed by atoms with E-state index < -0.39 is 5.41 Å². The van der Waals surface area contributed by atoms with Gasteiger partial charge in [-0.3, -0.25) is 4.79 Å². The molecule has 1 N–H and O–H groups in total. The quantitative estimate of drug-likeness (QED) is 0.852. The number of para-hydroxylation sites is 2. The highest BCUT2D eigenvalue weighted by atomic mass is 16.5. The van der Waals surface area contributed by atoms with Gasteiger partial charge in [0.05, 0.1) is 18.2 Å². The normalized spacial score (nSPS) is 29.5. The first kappa shape index (κ1) is 14.2. The number of benzene rings is 1. The molecule has 0 unspecified atom stereocenters. The molecular weight excluding hydrogens is 262 g/mol. The molecule has 0 heterocycles. The second-order valence-corrected chi connectivity index (χ2v) is 6.88. The van der Waals surface area contributed by atoms with E-state index in [0.29, 0.717) is 11.7 Å². The molecule has 2 atom stereocenters. The molecule has 112 valence electrons. The first-order chi connectivity index (χ1) is 9.91. The second-order valence-electron chi connectivity index (χ2n) is 6.88. The number of carbonyl (C=O) groups excluding carboxylic acids is 1. The minimum absolute atomic E-state index is 0.0658. The van der Waals surface area contributed by atoms with Crippen molar-refractivity contribution in [2.24, 2.45) is 16.7 Å². The van der Waals surface area contributed by atoms with Gasteiger partial charge in [-0.15, -0.1) is 0 Å². The minimum atomic E-state index is -0.394. The molecule has 0 aliphatic heterocycles. The summed E-state index contributed by atoms with van der Waals surface area (Å²) < 4.78 is 5.32. The van der Waals surface area contributed by atoms with E-state index in [0.717, 1.165) is 30.5 Å². The van der Waals surface area contributed by atoms with E-state index in [1.807, 2.05) is 24.3 Å². The molecule has 0 spiro atoms.